The van der Waals surface area contributed by atoms with Crippen LogP contribution >= 0.6 is 11.8 Å². The number of carbonyl (C=O) groups is 2. The molecule has 1 amide bonds. The molecule has 9 nitrogen and oxygen atoms in total. The van der Waals surface area contributed by atoms with Crippen molar-refractivity contribution in [3.8, 4) is 0 Å². The van der Waals surface area contributed by atoms with E-state index in [4.69, 9.17) is 11.1 Å². The van der Waals surface area contributed by atoms with Crippen LogP contribution in [-0.4, -0.2) is 92.9 Å². The van der Waals surface area contributed by atoms with Crippen molar-refractivity contribution in [2.24, 2.45) is 23.5 Å². The minimum absolute atomic E-state index is 0.0774. The van der Waals surface area contributed by atoms with Gasteiger partial charge in [-0.15, -0.1) is 11.8 Å². The highest BCUT2D eigenvalue weighted by Crippen LogP contribution is 2.51. The second-order valence-electron chi connectivity index (χ2n) is 9.05. The van der Waals surface area contributed by atoms with E-state index in [-0.39, 0.29) is 29.5 Å². The fourth-order valence-corrected chi connectivity index (χ4v) is 7.00. The molecule has 30 heavy (non-hydrogen) atoms. The Morgan fingerprint density at radius 3 is 2.67 bits per heavy atom. The van der Waals surface area contributed by atoms with Gasteiger partial charge in [0.15, 0.2) is 5.96 Å². The Hall–Kier alpha value is -1.78. The van der Waals surface area contributed by atoms with Crippen molar-refractivity contribution in [2.45, 2.75) is 44.1 Å². The summed E-state index contributed by atoms with van der Waals surface area (Å²) in [7, 11) is 0. The van der Waals surface area contributed by atoms with Gasteiger partial charge in [0, 0.05) is 42.3 Å². The molecule has 4 heterocycles. The molecule has 4 rings (SSSR count). The summed E-state index contributed by atoms with van der Waals surface area (Å²) in [5.74, 6) is -1.28. The highest BCUT2D eigenvalue weighted by Gasteiger charge is 2.60. The standard InChI is InChI=1S/C20H31N5O4S/c1-10-15-14(11(2)26)18(27)25(15)16(19(28)29)17(10)30-13-4-5-23(9-13)7-12-3-6-24(8-12)20(21)22/h10-15,26H,3-9H2,1-2H3,(H3,21,22)(H,28,29)/t10-,11?,12+,13-,14-,15-/m1/s1. The second-order valence-corrected chi connectivity index (χ2v) is 10.4. The Bertz CT molecular complexity index is 787. The van der Waals surface area contributed by atoms with Gasteiger partial charge in [-0.2, -0.15) is 0 Å². The van der Waals surface area contributed by atoms with Gasteiger partial charge >= 0.3 is 5.97 Å². The molecule has 3 fully saturated rings. The minimum Gasteiger partial charge on any atom is -0.477 e. The normalized spacial score (nSPS) is 35.0. The van der Waals surface area contributed by atoms with Crippen LogP contribution in [-0.2, 0) is 9.59 Å². The Labute approximate surface area is 180 Å². The number of carboxylic acid groups (broad SMARTS) is 1. The number of hydrogen-bond acceptors (Lipinski definition) is 6. The number of likely N-dealkylation sites (tertiary alicyclic amines) is 2. The Kier molecular flexibility index (Phi) is 5.75. The molecule has 4 aliphatic rings. The van der Waals surface area contributed by atoms with Crippen molar-refractivity contribution < 1.29 is 19.8 Å². The summed E-state index contributed by atoms with van der Waals surface area (Å²) in [4.78, 5) is 30.9. The van der Waals surface area contributed by atoms with Gasteiger partial charge < -0.3 is 30.6 Å². The Balaban J connectivity index is 1.39. The number of thioether (sulfide) groups is 1. The number of carbonyl (C=O) groups excluding carboxylic acids is 1. The summed E-state index contributed by atoms with van der Waals surface area (Å²) in [5, 5.41) is 27.6. The van der Waals surface area contributed by atoms with Crippen molar-refractivity contribution in [3.05, 3.63) is 10.6 Å². The molecular weight excluding hydrogens is 406 g/mol. The van der Waals surface area contributed by atoms with Gasteiger partial charge in [-0.25, -0.2) is 4.79 Å². The van der Waals surface area contributed by atoms with Crippen LogP contribution in [0.25, 0.3) is 0 Å². The summed E-state index contributed by atoms with van der Waals surface area (Å²) in [5.41, 5.74) is 5.71. The first-order valence-electron chi connectivity index (χ1n) is 10.7. The number of aliphatic carboxylic acids is 1. The van der Waals surface area contributed by atoms with Gasteiger partial charge in [0.25, 0.3) is 0 Å². The van der Waals surface area contributed by atoms with E-state index < -0.39 is 18.0 Å². The number of β-lactam (4-membered cyclic amide) rings is 1. The van der Waals surface area contributed by atoms with Crippen LogP contribution in [0.1, 0.15) is 26.7 Å². The van der Waals surface area contributed by atoms with Crippen LogP contribution < -0.4 is 5.73 Å². The fraction of sp³-hybridized carbons (Fsp3) is 0.750. The first kappa shape index (κ1) is 21.5. The third kappa shape index (κ3) is 3.58. The molecule has 0 aromatic carbocycles. The number of nitrogens with zero attached hydrogens (tertiary/aromatic N) is 3. The zero-order valence-electron chi connectivity index (χ0n) is 17.5. The van der Waals surface area contributed by atoms with Crippen LogP contribution in [0.4, 0.5) is 0 Å². The maximum atomic E-state index is 12.5. The molecule has 0 radical (unpaired) electrons. The lowest BCUT2D eigenvalue weighted by Crippen LogP contribution is -2.63. The first-order valence-corrected chi connectivity index (χ1v) is 11.5. The number of fused-ring (bicyclic) bond motifs is 1. The lowest BCUT2D eigenvalue weighted by atomic mass is 9.79. The highest BCUT2D eigenvalue weighted by molar-refractivity contribution is 8.03. The predicted octanol–water partition coefficient (Wildman–Crippen LogP) is 0.163. The van der Waals surface area contributed by atoms with Gasteiger partial charge in [0.2, 0.25) is 5.91 Å². The summed E-state index contributed by atoms with van der Waals surface area (Å²) in [6.45, 7) is 8.08. The van der Waals surface area contributed by atoms with Crippen LogP contribution in [0.5, 0.6) is 0 Å². The molecule has 0 saturated carbocycles. The quantitative estimate of drug-likeness (QED) is 0.262. The van der Waals surface area contributed by atoms with Crippen molar-refractivity contribution in [1.29, 1.82) is 5.41 Å². The molecule has 4 aliphatic heterocycles. The number of rotatable bonds is 6. The topological polar surface area (TPSA) is 134 Å². The van der Waals surface area contributed by atoms with E-state index in [9.17, 15) is 19.8 Å². The monoisotopic (exact) mass is 437 g/mol. The second kappa shape index (κ2) is 8.05. The summed E-state index contributed by atoms with van der Waals surface area (Å²) in [6.07, 6.45) is 1.25. The zero-order valence-corrected chi connectivity index (χ0v) is 18.3. The number of hydrogen-bond donors (Lipinski definition) is 4. The molecule has 10 heteroatoms. The van der Waals surface area contributed by atoms with E-state index in [1.165, 1.54) is 4.90 Å². The van der Waals surface area contributed by atoms with Gasteiger partial charge in [0.1, 0.15) is 5.70 Å². The molecule has 0 aliphatic carbocycles. The lowest BCUT2D eigenvalue weighted by Gasteiger charge is -2.46. The summed E-state index contributed by atoms with van der Waals surface area (Å²) in [6, 6.07) is -0.250. The van der Waals surface area contributed by atoms with Gasteiger partial charge in [0.05, 0.1) is 18.1 Å². The van der Waals surface area contributed by atoms with Gasteiger partial charge in [-0.3, -0.25) is 10.2 Å². The van der Waals surface area contributed by atoms with Crippen LogP contribution in [0.2, 0.25) is 0 Å². The number of guanidine groups is 1. The number of aliphatic hydroxyl groups is 1. The van der Waals surface area contributed by atoms with E-state index in [1.807, 2.05) is 11.8 Å². The van der Waals surface area contributed by atoms with Crippen LogP contribution in [0.3, 0.4) is 0 Å². The molecular formula is C20H31N5O4S. The average molecular weight is 438 g/mol. The van der Waals surface area contributed by atoms with E-state index >= 15 is 0 Å². The number of aliphatic hydroxyl groups excluding tert-OH is 1. The smallest absolute Gasteiger partial charge is 0.353 e. The number of carboxylic acids is 1. The SMILES string of the molecule is CC(O)[C@H]1C(=O)N2C(C(=O)O)=C(S[C@@H]3CCN(C[C@@H]4CCN(C(=N)N)C4)C3)[C@H](C)[C@H]12. The van der Waals surface area contributed by atoms with Crippen molar-refractivity contribution >= 4 is 29.6 Å². The van der Waals surface area contributed by atoms with Crippen molar-refractivity contribution in [3.63, 3.8) is 0 Å². The molecule has 166 valence electrons. The van der Waals surface area contributed by atoms with Crippen molar-refractivity contribution in [1.82, 2.24) is 14.7 Å². The minimum atomic E-state index is -1.06. The summed E-state index contributed by atoms with van der Waals surface area (Å²) >= 11 is 1.61. The predicted molar refractivity (Wildman–Crippen MR) is 114 cm³/mol. The van der Waals surface area contributed by atoms with Crippen molar-refractivity contribution in [2.75, 3.05) is 32.7 Å². The molecule has 5 N–H and O–H groups in total. The van der Waals surface area contributed by atoms with E-state index in [1.54, 1.807) is 18.7 Å². The number of nitrogens with one attached hydrogen (secondary N) is 1. The number of amides is 1. The zero-order chi connectivity index (χ0) is 21.7. The Morgan fingerprint density at radius 1 is 1.33 bits per heavy atom. The molecule has 0 aromatic heterocycles. The molecule has 6 atom stereocenters. The fourth-order valence-electron chi connectivity index (χ4n) is 5.48. The van der Waals surface area contributed by atoms with E-state index in [0.717, 1.165) is 50.5 Å². The van der Waals surface area contributed by atoms with E-state index in [0.29, 0.717) is 11.2 Å². The maximum absolute atomic E-state index is 12.5. The third-order valence-corrected chi connectivity index (χ3v) is 8.51. The van der Waals surface area contributed by atoms with Crippen LogP contribution in [0.15, 0.2) is 10.6 Å². The maximum Gasteiger partial charge on any atom is 0.353 e. The average Bonchev–Trinajstić information content (AvgIpc) is 3.35. The largest absolute Gasteiger partial charge is 0.477 e. The van der Waals surface area contributed by atoms with Crippen LogP contribution in [0, 0.1) is 23.2 Å². The molecule has 0 bridgehead atoms. The van der Waals surface area contributed by atoms with E-state index in [2.05, 4.69) is 4.90 Å². The molecule has 0 aromatic rings. The highest BCUT2D eigenvalue weighted by atomic mass is 32.2. The first-order chi connectivity index (χ1) is 14.2. The lowest BCUT2D eigenvalue weighted by molar-refractivity contribution is -0.163. The number of nitrogens with two attached hydrogens (primary N) is 1. The molecule has 1 unspecified atom stereocenters. The third-order valence-electron chi connectivity index (χ3n) is 6.98. The Morgan fingerprint density at radius 2 is 2.07 bits per heavy atom. The molecule has 3 saturated heterocycles. The molecule has 0 spiro atoms. The van der Waals surface area contributed by atoms with Gasteiger partial charge in [-0.1, -0.05) is 6.92 Å². The van der Waals surface area contributed by atoms with Gasteiger partial charge in [-0.05, 0) is 32.2 Å². The summed E-state index contributed by atoms with van der Waals surface area (Å²) < 4.78 is 0.